The van der Waals surface area contributed by atoms with E-state index in [1.54, 1.807) is 31.2 Å². The van der Waals surface area contributed by atoms with Gasteiger partial charge in [-0.15, -0.1) is 0 Å². The summed E-state index contributed by atoms with van der Waals surface area (Å²) in [4.78, 5) is 29.4. The fraction of sp³-hybridized carbons (Fsp3) is 0.375. The number of nitrogens with one attached hydrogen (secondary N) is 1. The lowest BCUT2D eigenvalue weighted by Gasteiger charge is -2.34. The molecule has 0 aliphatic carbocycles. The molecule has 0 spiro atoms. The first-order valence-electron chi connectivity index (χ1n) is 13.9. The fourth-order valence-corrected chi connectivity index (χ4v) is 5.34. The summed E-state index contributed by atoms with van der Waals surface area (Å²) in [6, 6.07) is 23.0. The normalized spacial score (nSPS) is 12.0. The van der Waals surface area contributed by atoms with E-state index in [4.69, 9.17) is 4.74 Å². The second-order valence-corrected chi connectivity index (χ2v) is 12.4. The van der Waals surface area contributed by atoms with Gasteiger partial charge in [0.25, 0.3) is 0 Å². The number of anilines is 1. The molecule has 2 amide bonds. The highest BCUT2D eigenvalue weighted by molar-refractivity contribution is 7.92. The maximum Gasteiger partial charge on any atom is 0.244 e. The quantitative estimate of drug-likeness (QED) is 0.302. The van der Waals surface area contributed by atoms with Gasteiger partial charge in [0.05, 0.1) is 18.6 Å². The van der Waals surface area contributed by atoms with E-state index in [9.17, 15) is 18.0 Å². The predicted molar refractivity (Wildman–Crippen MR) is 163 cm³/mol. The second-order valence-electron chi connectivity index (χ2n) is 10.5. The standard InChI is InChI=1S/C32H41N3O5S/c1-6-40-30-19-13-12-18-28(30)35(41(5,38)39)23-31(36)34(22-27-17-11-10-14-25(27)4)29(32(37)33-21-24(2)3)20-26-15-8-7-9-16-26/h7-19,24,29H,6,20-23H2,1-5H3,(H,33,37)/t29-/m0/s1. The van der Waals surface area contributed by atoms with E-state index in [2.05, 4.69) is 5.32 Å². The van der Waals surface area contributed by atoms with Crippen LogP contribution in [0, 0.1) is 12.8 Å². The summed E-state index contributed by atoms with van der Waals surface area (Å²) < 4.78 is 32.8. The molecule has 0 aliphatic rings. The van der Waals surface area contributed by atoms with Gasteiger partial charge < -0.3 is 15.0 Å². The highest BCUT2D eigenvalue weighted by Crippen LogP contribution is 2.30. The number of carbonyl (C=O) groups is 2. The Morgan fingerprint density at radius 1 is 0.927 bits per heavy atom. The van der Waals surface area contributed by atoms with Gasteiger partial charge in [-0.3, -0.25) is 13.9 Å². The lowest BCUT2D eigenvalue weighted by Crippen LogP contribution is -2.53. The molecule has 0 bridgehead atoms. The molecule has 0 fully saturated rings. The molecule has 41 heavy (non-hydrogen) atoms. The Hall–Kier alpha value is -3.85. The van der Waals surface area contributed by atoms with Gasteiger partial charge in [0.2, 0.25) is 21.8 Å². The molecule has 3 rings (SSSR count). The largest absolute Gasteiger partial charge is 0.492 e. The van der Waals surface area contributed by atoms with Crippen LogP contribution in [0.2, 0.25) is 0 Å². The van der Waals surface area contributed by atoms with Crippen LogP contribution < -0.4 is 14.4 Å². The summed E-state index contributed by atoms with van der Waals surface area (Å²) in [6.07, 6.45) is 1.34. The van der Waals surface area contributed by atoms with E-state index in [-0.39, 0.29) is 30.5 Å². The molecule has 1 atom stereocenters. The maximum absolute atomic E-state index is 14.2. The first-order valence-corrected chi connectivity index (χ1v) is 15.7. The Kier molecular flexibility index (Phi) is 11.3. The number of aryl methyl sites for hydroxylation is 1. The lowest BCUT2D eigenvalue weighted by atomic mass is 10.0. The van der Waals surface area contributed by atoms with Crippen molar-refractivity contribution in [3.63, 3.8) is 0 Å². The summed E-state index contributed by atoms with van der Waals surface area (Å²) in [5, 5.41) is 2.99. The number of amides is 2. The van der Waals surface area contributed by atoms with Gasteiger partial charge in [0.15, 0.2) is 0 Å². The van der Waals surface area contributed by atoms with Crippen LogP contribution in [0.4, 0.5) is 5.69 Å². The van der Waals surface area contributed by atoms with Gasteiger partial charge >= 0.3 is 0 Å². The zero-order chi connectivity index (χ0) is 30.0. The molecule has 0 saturated carbocycles. The van der Waals surface area contributed by atoms with E-state index >= 15 is 0 Å². The number of carbonyl (C=O) groups excluding carboxylic acids is 2. The van der Waals surface area contributed by atoms with Crippen molar-refractivity contribution in [1.82, 2.24) is 10.2 Å². The molecule has 1 N–H and O–H groups in total. The zero-order valence-corrected chi connectivity index (χ0v) is 25.4. The van der Waals surface area contributed by atoms with Crippen LogP contribution in [-0.2, 0) is 32.6 Å². The molecule has 3 aromatic carbocycles. The Bertz CT molecular complexity index is 1410. The van der Waals surface area contributed by atoms with E-state index in [1.165, 1.54) is 4.90 Å². The highest BCUT2D eigenvalue weighted by atomic mass is 32.2. The highest BCUT2D eigenvalue weighted by Gasteiger charge is 2.34. The Morgan fingerprint density at radius 2 is 1.56 bits per heavy atom. The van der Waals surface area contributed by atoms with E-state index in [0.29, 0.717) is 18.9 Å². The number of hydrogen-bond acceptors (Lipinski definition) is 5. The molecular weight excluding hydrogens is 538 g/mol. The summed E-state index contributed by atoms with van der Waals surface area (Å²) in [5.74, 6) is -0.211. The van der Waals surface area contributed by atoms with Crippen LogP contribution in [0.15, 0.2) is 78.9 Å². The number of benzene rings is 3. The molecule has 9 heteroatoms. The van der Waals surface area contributed by atoms with E-state index in [1.807, 2.05) is 75.4 Å². The molecule has 8 nitrogen and oxygen atoms in total. The third-order valence-corrected chi connectivity index (χ3v) is 7.80. The molecule has 3 aromatic rings. The Morgan fingerprint density at radius 3 is 2.20 bits per heavy atom. The Balaban J connectivity index is 2.08. The average Bonchev–Trinajstić information content (AvgIpc) is 2.93. The molecule has 0 heterocycles. The topological polar surface area (TPSA) is 96.0 Å². The summed E-state index contributed by atoms with van der Waals surface area (Å²) in [6.45, 7) is 8.20. The number of rotatable bonds is 14. The van der Waals surface area contributed by atoms with Gasteiger partial charge in [-0.25, -0.2) is 8.42 Å². The number of sulfonamides is 1. The van der Waals surface area contributed by atoms with Crippen molar-refractivity contribution < 1.29 is 22.7 Å². The predicted octanol–water partition coefficient (Wildman–Crippen LogP) is 4.57. The molecule has 220 valence electrons. The second kappa shape index (κ2) is 14.7. The van der Waals surface area contributed by atoms with Crippen molar-refractivity contribution in [2.45, 2.75) is 46.7 Å². The number of hydrogen-bond donors (Lipinski definition) is 1. The average molecular weight is 580 g/mol. The number of para-hydroxylation sites is 2. The lowest BCUT2D eigenvalue weighted by molar-refractivity contribution is -0.140. The maximum atomic E-state index is 14.2. The van der Waals surface area contributed by atoms with Crippen molar-refractivity contribution in [1.29, 1.82) is 0 Å². The van der Waals surface area contributed by atoms with Crippen molar-refractivity contribution in [3.05, 3.63) is 95.6 Å². The minimum Gasteiger partial charge on any atom is -0.492 e. The summed E-state index contributed by atoms with van der Waals surface area (Å²) in [5.41, 5.74) is 3.00. The van der Waals surface area contributed by atoms with Crippen molar-refractivity contribution in [2.75, 3.05) is 30.3 Å². The van der Waals surface area contributed by atoms with Gasteiger partial charge in [0.1, 0.15) is 18.3 Å². The molecule has 0 saturated heterocycles. The minimum absolute atomic E-state index is 0.142. The van der Waals surface area contributed by atoms with Gasteiger partial charge in [0, 0.05) is 19.5 Å². The molecular formula is C32H41N3O5S. The van der Waals surface area contributed by atoms with Crippen molar-refractivity contribution >= 4 is 27.5 Å². The zero-order valence-electron chi connectivity index (χ0n) is 24.5. The molecule has 0 unspecified atom stereocenters. The third kappa shape index (κ3) is 9.08. The van der Waals surface area contributed by atoms with Gasteiger partial charge in [-0.1, -0.05) is 80.6 Å². The first kappa shape index (κ1) is 31.7. The third-order valence-electron chi connectivity index (χ3n) is 6.67. The van der Waals surface area contributed by atoms with Crippen LogP contribution in [0.3, 0.4) is 0 Å². The van der Waals surface area contributed by atoms with Crippen LogP contribution >= 0.6 is 0 Å². The first-order chi connectivity index (χ1) is 19.5. The van der Waals surface area contributed by atoms with E-state index in [0.717, 1.165) is 27.3 Å². The summed E-state index contributed by atoms with van der Waals surface area (Å²) >= 11 is 0. The van der Waals surface area contributed by atoms with Gasteiger partial charge in [-0.2, -0.15) is 0 Å². The van der Waals surface area contributed by atoms with E-state index < -0.39 is 28.5 Å². The van der Waals surface area contributed by atoms with Crippen molar-refractivity contribution in [3.8, 4) is 5.75 Å². The minimum atomic E-state index is -3.89. The monoisotopic (exact) mass is 579 g/mol. The summed E-state index contributed by atoms with van der Waals surface area (Å²) in [7, 11) is -3.89. The SMILES string of the molecule is CCOc1ccccc1N(CC(=O)N(Cc1ccccc1C)[C@@H](Cc1ccccc1)C(=O)NCC(C)C)S(C)(=O)=O. The van der Waals surface area contributed by atoms with Crippen LogP contribution in [0.5, 0.6) is 5.75 Å². The van der Waals surface area contributed by atoms with Gasteiger partial charge in [-0.05, 0) is 48.6 Å². The van der Waals surface area contributed by atoms with Crippen LogP contribution in [-0.4, -0.2) is 57.1 Å². The Labute approximate surface area is 244 Å². The van der Waals surface area contributed by atoms with Crippen molar-refractivity contribution in [2.24, 2.45) is 5.92 Å². The molecule has 0 radical (unpaired) electrons. The smallest absolute Gasteiger partial charge is 0.244 e. The molecule has 0 aromatic heterocycles. The van der Waals surface area contributed by atoms with Crippen LogP contribution in [0.25, 0.3) is 0 Å². The number of nitrogens with zero attached hydrogens (tertiary/aromatic N) is 2. The van der Waals surface area contributed by atoms with Crippen LogP contribution in [0.1, 0.15) is 37.5 Å². The number of ether oxygens (including phenoxy) is 1. The molecule has 0 aliphatic heterocycles. The fourth-order valence-electron chi connectivity index (χ4n) is 4.48.